The van der Waals surface area contributed by atoms with Crippen molar-refractivity contribution in [1.82, 2.24) is 0 Å². The first-order valence-corrected chi connectivity index (χ1v) is 36.0. The molecule has 2 atom stereocenters. The molecule has 0 saturated carbocycles. The van der Waals surface area contributed by atoms with Crippen molar-refractivity contribution in [3.63, 3.8) is 0 Å². The number of rotatable bonds is 64. The standard InChI is InChI=1S/C71H132NO8P/c1-6-8-10-12-14-16-18-20-22-24-26-28-29-30-31-32-33-34-35-36-37-38-39-40-41-42-44-45-47-49-51-53-55-57-59-61-63-70(73)77-67-69(68-79-81(75,76)78-66-65-72(3,4)5)80-71(74)64-62-60-58-56-54-52-50-48-46-43-27-25-23-21-19-17-15-13-11-9-7-2/h9,11,15,17,21,23,27,43,48,50,69H,6-8,10,12-14,16,18-20,22,24-26,28-42,44-47,49,51-68H2,1-5H3/p+1/b11-9-,17-15-,23-21-,43-27-,50-48-. The Labute approximate surface area is 502 Å². The number of carbonyl (C=O) groups excluding carboxylic acids is 2. The Hall–Kier alpha value is -2.29. The Kier molecular flexibility index (Phi) is 60.5. The maximum Gasteiger partial charge on any atom is 0.472 e. The van der Waals surface area contributed by atoms with Crippen molar-refractivity contribution in [3.05, 3.63) is 60.8 Å². The van der Waals surface area contributed by atoms with E-state index in [-0.39, 0.29) is 32.0 Å². The maximum absolute atomic E-state index is 12.8. The summed E-state index contributed by atoms with van der Waals surface area (Å²) in [5, 5.41) is 0. The fourth-order valence-electron chi connectivity index (χ4n) is 10.0. The van der Waals surface area contributed by atoms with Gasteiger partial charge in [0, 0.05) is 12.8 Å². The van der Waals surface area contributed by atoms with E-state index < -0.39 is 26.5 Å². The van der Waals surface area contributed by atoms with Gasteiger partial charge in [-0.1, -0.05) is 319 Å². The summed E-state index contributed by atoms with van der Waals surface area (Å²) >= 11 is 0. The summed E-state index contributed by atoms with van der Waals surface area (Å²) < 4.78 is 34.6. The van der Waals surface area contributed by atoms with Crippen LogP contribution < -0.4 is 0 Å². The quantitative estimate of drug-likeness (QED) is 0.0211. The van der Waals surface area contributed by atoms with Crippen molar-refractivity contribution >= 4 is 19.8 Å². The van der Waals surface area contributed by atoms with E-state index in [1.807, 2.05) is 21.1 Å². The summed E-state index contributed by atoms with van der Waals surface area (Å²) in [7, 11) is 1.47. The molecule has 0 saturated heterocycles. The molecule has 0 aromatic rings. The summed E-state index contributed by atoms with van der Waals surface area (Å²) in [4.78, 5) is 35.8. The predicted molar refractivity (Wildman–Crippen MR) is 349 cm³/mol. The molecule has 0 fully saturated rings. The second kappa shape index (κ2) is 62.2. The first kappa shape index (κ1) is 78.7. The van der Waals surface area contributed by atoms with Crippen LogP contribution in [-0.4, -0.2) is 74.9 Å². The zero-order valence-corrected chi connectivity index (χ0v) is 54.9. The summed E-state index contributed by atoms with van der Waals surface area (Å²) in [5.74, 6) is -0.808. The van der Waals surface area contributed by atoms with Crippen molar-refractivity contribution in [1.29, 1.82) is 0 Å². The smallest absolute Gasteiger partial charge is 0.462 e. The van der Waals surface area contributed by atoms with Crippen LogP contribution in [0.15, 0.2) is 60.8 Å². The summed E-state index contributed by atoms with van der Waals surface area (Å²) in [6.45, 7) is 4.34. The molecule has 0 aliphatic rings. The fourth-order valence-corrected chi connectivity index (χ4v) is 10.8. The molecule has 1 N–H and O–H groups in total. The molecule has 0 radical (unpaired) electrons. The normalized spacial score (nSPS) is 13.5. The highest BCUT2D eigenvalue weighted by Gasteiger charge is 2.27. The number of nitrogens with zero attached hydrogens (tertiary/aromatic N) is 1. The minimum absolute atomic E-state index is 0.0266. The average Bonchev–Trinajstić information content (AvgIpc) is 3.43. The molecule has 0 aliphatic carbocycles. The van der Waals surface area contributed by atoms with Crippen LogP contribution in [0.5, 0.6) is 0 Å². The molecule has 474 valence electrons. The van der Waals surface area contributed by atoms with Gasteiger partial charge in [0.05, 0.1) is 27.7 Å². The molecule has 0 spiro atoms. The van der Waals surface area contributed by atoms with Crippen molar-refractivity contribution in [2.24, 2.45) is 0 Å². The molecular formula is C71H133NO8P+. The molecule has 0 rings (SSSR count). The molecule has 81 heavy (non-hydrogen) atoms. The molecule has 0 amide bonds. The SMILES string of the molecule is CC/C=C\C/C=C\C/C=C\C/C=C\C/C=C\CCCCCCCC(=O)OC(COC(=O)CCCCCCCCCCCCCCCCCCCCCCCCCCCCCCCCCCCCCC)COP(=O)(O)OCC[N+](C)(C)C. The summed E-state index contributed by atoms with van der Waals surface area (Å²) in [6.07, 6.45) is 82.0. The molecule has 0 aromatic heterocycles. The first-order valence-electron chi connectivity index (χ1n) is 34.5. The lowest BCUT2D eigenvalue weighted by Gasteiger charge is -2.24. The Morgan fingerprint density at radius 1 is 0.395 bits per heavy atom. The number of ether oxygens (including phenoxy) is 2. The van der Waals surface area contributed by atoms with Crippen molar-refractivity contribution < 1.29 is 42.1 Å². The molecule has 9 nitrogen and oxygen atoms in total. The van der Waals surface area contributed by atoms with Crippen LogP contribution >= 0.6 is 7.82 Å². The number of hydrogen-bond acceptors (Lipinski definition) is 7. The summed E-state index contributed by atoms with van der Waals surface area (Å²) in [6, 6.07) is 0. The number of quaternary nitrogens is 1. The van der Waals surface area contributed by atoms with Crippen LogP contribution in [0.3, 0.4) is 0 Å². The number of esters is 2. The van der Waals surface area contributed by atoms with Gasteiger partial charge in [-0.3, -0.25) is 18.6 Å². The monoisotopic (exact) mass is 1160 g/mol. The number of likely N-dealkylation sites (N-methyl/N-ethyl adjacent to an activating group) is 1. The van der Waals surface area contributed by atoms with E-state index in [0.29, 0.717) is 17.4 Å². The first-order chi connectivity index (χ1) is 39.5. The van der Waals surface area contributed by atoms with Gasteiger partial charge in [0.25, 0.3) is 0 Å². The Balaban J connectivity index is 3.96. The second-order valence-corrected chi connectivity index (χ2v) is 26.0. The lowest BCUT2D eigenvalue weighted by atomic mass is 10.0. The van der Waals surface area contributed by atoms with E-state index in [1.54, 1.807) is 0 Å². The molecule has 10 heteroatoms. The minimum Gasteiger partial charge on any atom is -0.462 e. The van der Waals surface area contributed by atoms with Gasteiger partial charge in [-0.2, -0.15) is 0 Å². The van der Waals surface area contributed by atoms with Crippen LogP contribution in [0.2, 0.25) is 0 Å². The van der Waals surface area contributed by atoms with E-state index in [9.17, 15) is 19.0 Å². The van der Waals surface area contributed by atoms with Crippen molar-refractivity contribution in [2.75, 3.05) is 47.5 Å². The van der Waals surface area contributed by atoms with Crippen molar-refractivity contribution in [3.8, 4) is 0 Å². The van der Waals surface area contributed by atoms with E-state index in [4.69, 9.17) is 18.5 Å². The number of carbonyl (C=O) groups is 2. The van der Waals surface area contributed by atoms with E-state index in [1.165, 1.54) is 212 Å². The third-order valence-electron chi connectivity index (χ3n) is 15.3. The largest absolute Gasteiger partial charge is 0.472 e. The molecular weight excluding hydrogens is 1030 g/mol. The predicted octanol–water partition coefficient (Wildman–Crippen LogP) is 22.2. The highest BCUT2D eigenvalue weighted by molar-refractivity contribution is 7.47. The average molecular weight is 1160 g/mol. The van der Waals surface area contributed by atoms with Gasteiger partial charge in [0.15, 0.2) is 6.10 Å². The van der Waals surface area contributed by atoms with Crippen LogP contribution in [0.4, 0.5) is 0 Å². The second-order valence-electron chi connectivity index (χ2n) is 24.5. The fraction of sp³-hybridized carbons (Fsp3) is 0.831. The van der Waals surface area contributed by atoms with Crippen LogP contribution in [0.25, 0.3) is 0 Å². The van der Waals surface area contributed by atoms with E-state index in [2.05, 4.69) is 74.6 Å². The zero-order chi connectivity index (χ0) is 59.1. The lowest BCUT2D eigenvalue weighted by molar-refractivity contribution is -0.870. The summed E-state index contributed by atoms with van der Waals surface area (Å²) in [5.41, 5.74) is 0. The molecule has 0 aliphatic heterocycles. The zero-order valence-electron chi connectivity index (χ0n) is 54.0. The van der Waals surface area contributed by atoms with Crippen LogP contribution in [-0.2, 0) is 32.7 Å². The molecule has 2 unspecified atom stereocenters. The Morgan fingerprint density at radius 3 is 1.05 bits per heavy atom. The lowest BCUT2D eigenvalue weighted by Crippen LogP contribution is -2.37. The highest BCUT2D eigenvalue weighted by atomic mass is 31.2. The maximum atomic E-state index is 12.8. The topological polar surface area (TPSA) is 108 Å². The number of phosphoric ester groups is 1. The molecule has 0 heterocycles. The highest BCUT2D eigenvalue weighted by Crippen LogP contribution is 2.43. The van der Waals surface area contributed by atoms with E-state index >= 15 is 0 Å². The number of hydrogen-bond donors (Lipinski definition) is 1. The minimum atomic E-state index is -4.40. The Morgan fingerprint density at radius 2 is 0.704 bits per heavy atom. The number of allylic oxidation sites excluding steroid dienone is 10. The van der Waals surface area contributed by atoms with Crippen LogP contribution in [0.1, 0.15) is 328 Å². The van der Waals surface area contributed by atoms with Gasteiger partial charge in [-0.25, -0.2) is 4.57 Å². The third-order valence-corrected chi connectivity index (χ3v) is 16.3. The van der Waals surface area contributed by atoms with Gasteiger partial charge in [-0.15, -0.1) is 0 Å². The van der Waals surface area contributed by atoms with Gasteiger partial charge in [-0.05, 0) is 57.8 Å². The third kappa shape index (κ3) is 66.7. The van der Waals surface area contributed by atoms with Gasteiger partial charge < -0.3 is 18.9 Å². The number of unbranched alkanes of at least 4 members (excludes halogenated alkanes) is 40. The van der Waals surface area contributed by atoms with Crippen LogP contribution in [0, 0.1) is 0 Å². The number of phosphoric acid groups is 1. The molecule has 0 bridgehead atoms. The van der Waals surface area contributed by atoms with Gasteiger partial charge in [0.2, 0.25) is 0 Å². The van der Waals surface area contributed by atoms with E-state index in [0.717, 1.165) is 83.5 Å². The molecule has 0 aromatic carbocycles. The van der Waals surface area contributed by atoms with Gasteiger partial charge >= 0.3 is 19.8 Å². The Bertz CT molecular complexity index is 1550. The van der Waals surface area contributed by atoms with Gasteiger partial charge in [0.1, 0.15) is 19.8 Å². The van der Waals surface area contributed by atoms with Crippen molar-refractivity contribution in [2.45, 2.75) is 335 Å².